The Morgan fingerprint density at radius 1 is 0.381 bits per heavy atom. The van der Waals surface area contributed by atoms with Crippen molar-refractivity contribution in [1.82, 2.24) is 0 Å². The molecule has 7 aromatic carbocycles. The van der Waals surface area contributed by atoms with Gasteiger partial charge in [-0.3, -0.25) is 0 Å². The van der Waals surface area contributed by atoms with E-state index in [1.165, 1.54) is 49.7 Å². The third-order valence-corrected chi connectivity index (χ3v) is 9.17. The van der Waals surface area contributed by atoms with Crippen molar-refractivity contribution >= 4 is 10.8 Å². The summed E-state index contributed by atoms with van der Waals surface area (Å²) in [6.07, 6.45) is 0. The fourth-order valence-electron chi connectivity index (χ4n) is 7.42. The van der Waals surface area contributed by atoms with E-state index in [1.807, 2.05) is 0 Å². The van der Waals surface area contributed by atoms with Gasteiger partial charge in [-0.2, -0.15) is 0 Å². The molecule has 42 heavy (non-hydrogen) atoms. The van der Waals surface area contributed by atoms with Crippen LogP contribution in [0.5, 0.6) is 11.5 Å². The average molecular weight is 535 g/mol. The van der Waals surface area contributed by atoms with Crippen LogP contribution < -0.4 is 4.74 Å². The Morgan fingerprint density at radius 2 is 0.929 bits per heavy atom. The minimum absolute atomic E-state index is 0.395. The predicted molar refractivity (Wildman–Crippen MR) is 172 cm³/mol. The molecule has 9 rings (SSSR count). The molecule has 1 nitrogen and oxygen atoms in total. The van der Waals surface area contributed by atoms with Crippen LogP contribution in [0.25, 0.3) is 44.2 Å². The molecule has 0 saturated carbocycles. The molecule has 0 spiro atoms. The van der Waals surface area contributed by atoms with Gasteiger partial charge in [0, 0.05) is 16.5 Å². The van der Waals surface area contributed by atoms with Crippen molar-refractivity contribution in [3.05, 3.63) is 180 Å². The van der Waals surface area contributed by atoms with Gasteiger partial charge >= 0.3 is 0 Å². The molecule has 0 radical (unpaired) electrons. The molecule has 0 N–H and O–H groups in total. The second-order valence-corrected chi connectivity index (χ2v) is 11.2. The van der Waals surface area contributed by atoms with Gasteiger partial charge in [-0.15, -0.1) is 0 Å². The fraction of sp³-hybridized carbons (Fsp3) is 0.0244. The van der Waals surface area contributed by atoms with E-state index >= 15 is 0 Å². The van der Waals surface area contributed by atoms with E-state index < -0.39 is 5.41 Å². The van der Waals surface area contributed by atoms with Gasteiger partial charge < -0.3 is 4.74 Å². The molecule has 1 aliphatic carbocycles. The van der Waals surface area contributed by atoms with Crippen molar-refractivity contribution in [3.63, 3.8) is 0 Å². The Hall–Kier alpha value is -5.40. The van der Waals surface area contributed by atoms with Gasteiger partial charge in [0.2, 0.25) is 0 Å². The molecule has 0 aromatic heterocycles. The molecule has 1 aliphatic heterocycles. The van der Waals surface area contributed by atoms with Crippen LogP contribution in [0.2, 0.25) is 0 Å². The van der Waals surface area contributed by atoms with Gasteiger partial charge in [-0.25, -0.2) is 0 Å². The topological polar surface area (TPSA) is 9.23 Å². The summed E-state index contributed by atoms with van der Waals surface area (Å²) >= 11 is 0. The monoisotopic (exact) mass is 534 g/mol. The SMILES string of the molecule is c1ccc(C2(c3ccc(-c4cccc5c4Oc4cccc6cccc-5c46)cc3)c3ccccc3-c3ccccc32)cc1. The van der Waals surface area contributed by atoms with E-state index in [4.69, 9.17) is 4.74 Å². The second-order valence-electron chi connectivity index (χ2n) is 11.2. The number of ether oxygens (including phenoxy) is 1. The van der Waals surface area contributed by atoms with Crippen LogP contribution in [0, 0.1) is 0 Å². The number of hydrogen-bond acceptors (Lipinski definition) is 1. The van der Waals surface area contributed by atoms with Crippen molar-refractivity contribution < 1.29 is 4.74 Å². The lowest BCUT2D eigenvalue weighted by Crippen LogP contribution is -2.28. The Bertz CT molecular complexity index is 2100. The van der Waals surface area contributed by atoms with E-state index in [0.29, 0.717) is 0 Å². The fourth-order valence-corrected chi connectivity index (χ4v) is 7.42. The Balaban J connectivity index is 1.24. The minimum atomic E-state index is -0.395. The molecule has 0 unspecified atom stereocenters. The van der Waals surface area contributed by atoms with Crippen LogP contribution in [-0.4, -0.2) is 0 Å². The normalized spacial score (nSPS) is 13.6. The first-order valence-electron chi connectivity index (χ1n) is 14.5. The zero-order valence-electron chi connectivity index (χ0n) is 22.9. The van der Waals surface area contributed by atoms with Crippen LogP contribution >= 0.6 is 0 Å². The standard InChI is InChI=1S/C41H26O/c1-2-13-29(14-3-1)41(36-20-6-4-15-32(36)33-16-5-7-21-37(33)41)30-25-23-27(24-26-30)31-17-10-19-35-34-18-8-11-28-12-9-22-38(39(28)34)42-40(31)35/h1-26H. The summed E-state index contributed by atoms with van der Waals surface area (Å²) in [5, 5.41) is 2.39. The van der Waals surface area contributed by atoms with Crippen molar-refractivity contribution in [2.75, 3.05) is 0 Å². The lowest BCUT2D eigenvalue weighted by molar-refractivity contribution is 0.489. The predicted octanol–water partition coefficient (Wildman–Crippen LogP) is 10.6. The largest absolute Gasteiger partial charge is 0.455 e. The lowest BCUT2D eigenvalue weighted by Gasteiger charge is -2.34. The van der Waals surface area contributed by atoms with Crippen LogP contribution in [0.3, 0.4) is 0 Å². The molecule has 7 aromatic rings. The molecule has 1 heteroatoms. The van der Waals surface area contributed by atoms with E-state index in [0.717, 1.165) is 28.2 Å². The first-order valence-corrected chi connectivity index (χ1v) is 14.5. The zero-order valence-corrected chi connectivity index (χ0v) is 22.9. The van der Waals surface area contributed by atoms with Gasteiger partial charge in [0.05, 0.1) is 5.41 Å². The van der Waals surface area contributed by atoms with Crippen LogP contribution in [-0.2, 0) is 5.41 Å². The summed E-state index contributed by atoms with van der Waals surface area (Å²) in [4.78, 5) is 0. The minimum Gasteiger partial charge on any atom is -0.455 e. The van der Waals surface area contributed by atoms with Crippen LogP contribution in [0.1, 0.15) is 22.3 Å². The molecule has 196 valence electrons. The number of rotatable bonds is 3. The van der Waals surface area contributed by atoms with Crippen molar-refractivity contribution in [2.24, 2.45) is 0 Å². The van der Waals surface area contributed by atoms with E-state index in [9.17, 15) is 0 Å². The Kier molecular flexibility index (Phi) is 4.88. The highest BCUT2D eigenvalue weighted by atomic mass is 16.5. The first kappa shape index (κ1) is 23.3. The van der Waals surface area contributed by atoms with Gasteiger partial charge in [0.25, 0.3) is 0 Å². The molecule has 0 fully saturated rings. The van der Waals surface area contributed by atoms with Crippen molar-refractivity contribution in [3.8, 4) is 44.9 Å². The summed E-state index contributed by atoms with van der Waals surface area (Å²) in [6, 6.07) is 57.2. The zero-order chi connectivity index (χ0) is 27.7. The van der Waals surface area contributed by atoms with Crippen LogP contribution in [0.15, 0.2) is 158 Å². The molecule has 0 bridgehead atoms. The average Bonchev–Trinajstić information content (AvgIpc) is 3.37. The highest BCUT2D eigenvalue weighted by Gasteiger charge is 2.45. The van der Waals surface area contributed by atoms with Gasteiger partial charge in [0.15, 0.2) is 0 Å². The van der Waals surface area contributed by atoms with Crippen LogP contribution in [0.4, 0.5) is 0 Å². The molecule has 0 saturated heterocycles. The van der Waals surface area contributed by atoms with E-state index in [2.05, 4.69) is 158 Å². The third kappa shape index (κ3) is 3.08. The number of benzene rings is 7. The smallest absolute Gasteiger partial charge is 0.143 e. The first-order chi connectivity index (χ1) is 20.8. The third-order valence-electron chi connectivity index (χ3n) is 9.17. The second kappa shape index (κ2) is 8.80. The number of fused-ring (bicyclic) bond motifs is 5. The highest BCUT2D eigenvalue weighted by molar-refractivity contribution is 6.05. The highest BCUT2D eigenvalue weighted by Crippen LogP contribution is 2.56. The van der Waals surface area contributed by atoms with Crippen molar-refractivity contribution in [1.29, 1.82) is 0 Å². The molecule has 2 aliphatic rings. The Labute approximate surface area is 245 Å². The van der Waals surface area contributed by atoms with Crippen molar-refractivity contribution in [2.45, 2.75) is 5.41 Å². The maximum absolute atomic E-state index is 6.65. The Morgan fingerprint density at radius 3 is 1.67 bits per heavy atom. The maximum Gasteiger partial charge on any atom is 0.143 e. The molecular weight excluding hydrogens is 508 g/mol. The molecule has 1 heterocycles. The maximum atomic E-state index is 6.65. The lowest BCUT2D eigenvalue weighted by atomic mass is 9.67. The number of hydrogen-bond donors (Lipinski definition) is 0. The molecule has 0 atom stereocenters. The summed E-state index contributed by atoms with van der Waals surface area (Å²) in [5.74, 6) is 1.84. The summed E-state index contributed by atoms with van der Waals surface area (Å²) in [7, 11) is 0. The van der Waals surface area contributed by atoms with Gasteiger partial charge in [0.1, 0.15) is 11.5 Å². The quantitative estimate of drug-likeness (QED) is 0.219. The summed E-state index contributed by atoms with van der Waals surface area (Å²) in [6.45, 7) is 0. The summed E-state index contributed by atoms with van der Waals surface area (Å²) < 4.78 is 6.65. The van der Waals surface area contributed by atoms with Gasteiger partial charge in [-0.05, 0) is 56.0 Å². The summed E-state index contributed by atoms with van der Waals surface area (Å²) in [5.41, 5.74) is 12.0. The molecular formula is C41H26O. The van der Waals surface area contributed by atoms with E-state index in [1.54, 1.807) is 0 Å². The number of para-hydroxylation sites is 1. The molecule has 0 amide bonds. The van der Waals surface area contributed by atoms with E-state index in [-0.39, 0.29) is 0 Å². The van der Waals surface area contributed by atoms with Gasteiger partial charge in [-0.1, -0.05) is 152 Å².